The van der Waals surface area contributed by atoms with E-state index in [0.717, 1.165) is 5.92 Å². The van der Waals surface area contributed by atoms with Gasteiger partial charge in [-0.05, 0) is 37.0 Å². The summed E-state index contributed by atoms with van der Waals surface area (Å²) in [5.74, 6) is 0.839. The SMILES string of the molecule is COC1CCCC1C1(CBr)CCC1. The van der Waals surface area contributed by atoms with Crippen molar-refractivity contribution in [3.8, 4) is 0 Å². The highest BCUT2D eigenvalue weighted by Gasteiger charge is 2.48. The summed E-state index contributed by atoms with van der Waals surface area (Å²) in [4.78, 5) is 0. The van der Waals surface area contributed by atoms with Crippen molar-refractivity contribution in [2.45, 2.75) is 44.6 Å². The van der Waals surface area contributed by atoms with Crippen molar-refractivity contribution in [2.24, 2.45) is 11.3 Å². The first kappa shape index (κ1) is 9.97. The van der Waals surface area contributed by atoms with Gasteiger partial charge in [0.2, 0.25) is 0 Å². The Morgan fingerprint density at radius 3 is 2.54 bits per heavy atom. The van der Waals surface area contributed by atoms with Gasteiger partial charge < -0.3 is 4.74 Å². The van der Waals surface area contributed by atoms with Crippen LogP contribution in [-0.2, 0) is 4.74 Å². The maximum atomic E-state index is 5.59. The molecule has 2 unspecified atom stereocenters. The van der Waals surface area contributed by atoms with Crippen molar-refractivity contribution in [3.05, 3.63) is 0 Å². The van der Waals surface area contributed by atoms with Crippen LogP contribution in [-0.4, -0.2) is 18.5 Å². The lowest BCUT2D eigenvalue weighted by atomic mass is 9.61. The van der Waals surface area contributed by atoms with Gasteiger partial charge in [0, 0.05) is 12.4 Å². The monoisotopic (exact) mass is 246 g/mol. The summed E-state index contributed by atoms with van der Waals surface area (Å²) in [6, 6.07) is 0. The molecule has 0 spiro atoms. The maximum absolute atomic E-state index is 5.59. The molecule has 0 N–H and O–H groups in total. The number of hydrogen-bond acceptors (Lipinski definition) is 1. The summed E-state index contributed by atoms with van der Waals surface area (Å²) in [6.07, 6.45) is 8.88. The lowest BCUT2D eigenvalue weighted by molar-refractivity contribution is -0.0214. The van der Waals surface area contributed by atoms with E-state index in [1.54, 1.807) is 0 Å². The molecule has 2 heteroatoms. The normalized spacial score (nSPS) is 37.4. The van der Waals surface area contributed by atoms with Crippen molar-refractivity contribution >= 4 is 15.9 Å². The second-order valence-corrected chi connectivity index (χ2v) is 5.22. The molecule has 2 aliphatic rings. The summed E-state index contributed by atoms with van der Waals surface area (Å²) in [5, 5.41) is 1.19. The molecule has 0 amide bonds. The van der Waals surface area contributed by atoms with Gasteiger partial charge in [-0.25, -0.2) is 0 Å². The molecule has 0 aromatic heterocycles. The van der Waals surface area contributed by atoms with Gasteiger partial charge >= 0.3 is 0 Å². The second kappa shape index (κ2) is 3.90. The molecular formula is C11H19BrO. The quantitative estimate of drug-likeness (QED) is 0.695. The van der Waals surface area contributed by atoms with Crippen molar-refractivity contribution in [2.75, 3.05) is 12.4 Å². The van der Waals surface area contributed by atoms with Crippen LogP contribution in [0.2, 0.25) is 0 Å². The van der Waals surface area contributed by atoms with Gasteiger partial charge in [0.05, 0.1) is 6.10 Å². The molecule has 0 aromatic carbocycles. The minimum atomic E-state index is 0.554. The Morgan fingerprint density at radius 1 is 1.31 bits per heavy atom. The van der Waals surface area contributed by atoms with Gasteiger partial charge in [-0.1, -0.05) is 28.8 Å². The smallest absolute Gasteiger partial charge is 0.0605 e. The zero-order valence-electron chi connectivity index (χ0n) is 8.39. The summed E-state index contributed by atoms with van der Waals surface area (Å²) in [5.41, 5.74) is 0.608. The Labute approximate surface area is 89.4 Å². The van der Waals surface area contributed by atoms with E-state index in [1.807, 2.05) is 7.11 Å². The Morgan fingerprint density at radius 2 is 2.08 bits per heavy atom. The molecule has 2 rings (SSSR count). The highest BCUT2D eigenvalue weighted by molar-refractivity contribution is 9.09. The van der Waals surface area contributed by atoms with E-state index in [9.17, 15) is 0 Å². The fourth-order valence-electron chi connectivity index (χ4n) is 3.14. The molecule has 0 aliphatic heterocycles. The molecule has 76 valence electrons. The highest BCUT2D eigenvalue weighted by atomic mass is 79.9. The number of ether oxygens (including phenoxy) is 1. The molecule has 2 aliphatic carbocycles. The van der Waals surface area contributed by atoms with Gasteiger partial charge in [-0.3, -0.25) is 0 Å². The molecule has 0 heterocycles. The van der Waals surface area contributed by atoms with E-state index in [1.165, 1.54) is 43.9 Å². The summed E-state index contributed by atoms with van der Waals surface area (Å²) in [6.45, 7) is 0. The highest BCUT2D eigenvalue weighted by Crippen LogP contribution is 2.54. The maximum Gasteiger partial charge on any atom is 0.0605 e. The predicted molar refractivity (Wildman–Crippen MR) is 58.2 cm³/mol. The van der Waals surface area contributed by atoms with E-state index in [-0.39, 0.29) is 0 Å². The Balaban J connectivity index is 2.05. The van der Waals surface area contributed by atoms with E-state index in [2.05, 4.69) is 15.9 Å². The zero-order chi connectivity index (χ0) is 9.31. The third-order valence-electron chi connectivity index (χ3n) is 4.16. The van der Waals surface area contributed by atoms with Crippen LogP contribution in [0, 0.1) is 11.3 Å². The number of rotatable bonds is 3. The van der Waals surface area contributed by atoms with Gasteiger partial charge in [0.1, 0.15) is 0 Å². The van der Waals surface area contributed by atoms with Crippen LogP contribution in [0.4, 0.5) is 0 Å². The standard InChI is InChI=1S/C11H19BrO/c1-13-10-5-2-4-9(10)11(8-12)6-3-7-11/h9-10H,2-8H2,1H3. The lowest BCUT2D eigenvalue weighted by Crippen LogP contribution is -2.42. The minimum absolute atomic E-state index is 0.554. The molecule has 13 heavy (non-hydrogen) atoms. The lowest BCUT2D eigenvalue weighted by Gasteiger charge is -2.47. The van der Waals surface area contributed by atoms with Gasteiger partial charge in [0.15, 0.2) is 0 Å². The average molecular weight is 247 g/mol. The van der Waals surface area contributed by atoms with Crippen LogP contribution < -0.4 is 0 Å². The first-order valence-electron chi connectivity index (χ1n) is 5.41. The van der Waals surface area contributed by atoms with Crippen molar-refractivity contribution in [3.63, 3.8) is 0 Å². The van der Waals surface area contributed by atoms with Crippen molar-refractivity contribution < 1.29 is 4.74 Å². The molecule has 2 fully saturated rings. The summed E-state index contributed by atoms with van der Waals surface area (Å²) < 4.78 is 5.59. The average Bonchev–Trinajstić information content (AvgIpc) is 2.52. The molecule has 0 saturated heterocycles. The van der Waals surface area contributed by atoms with E-state index in [4.69, 9.17) is 4.74 Å². The van der Waals surface area contributed by atoms with E-state index < -0.39 is 0 Å². The third kappa shape index (κ3) is 1.56. The molecule has 0 bridgehead atoms. The molecule has 0 radical (unpaired) electrons. The fourth-order valence-corrected chi connectivity index (χ4v) is 4.12. The molecule has 1 nitrogen and oxygen atoms in total. The predicted octanol–water partition coefficient (Wildman–Crippen LogP) is 3.37. The van der Waals surface area contributed by atoms with Crippen LogP contribution in [0.15, 0.2) is 0 Å². The number of alkyl halides is 1. The number of hydrogen-bond donors (Lipinski definition) is 0. The summed E-state index contributed by atoms with van der Waals surface area (Å²) >= 11 is 3.69. The van der Waals surface area contributed by atoms with Crippen LogP contribution in [0.1, 0.15) is 38.5 Å². The molecule has 2 atom stereocenters. The summed E-state index contributed by atoms with van der Waals surface area (Å²) in [7, 11) is 1.88. The van der Waals surface area contributed by atoms with Crippen LogP contribution in [0.3, 0.4) is 0 Å². The minimum Gasteiger partial charge on any atom is -0.381 e. The zero-order valence-corrected chi connectivity index (χ0v) is 9.98. The van der Waals surface area contributed by atoms with Gasteiger partial charge in [-0.2, -0.15) is 0 Å². The molecular weight excluding hydrogens is 228 g/mol. The Hall–Kier alpha value is 0.440. The van der Waals surface area contributed by atoms with Gasteiger partial charge in [-0.15, -0.1) is 0 Å². The van der Waals surface area contributed by atoms with Crippen LogP contribution in [0.25, 0.3) is 0 Å². The van der Waals surface area contributed by atoms with E-state index in [0.29, 0.717) is 11.5 Å². The first-order valence-corrected chi connectivity index (χ1v) is 6.53. The third-order valence-corrected chi connectivity index (χ3v) is 5.27. The fraction of sp³-hybridized carbons (Fsp3) is 1.00. The number of methoxy groups -OCH3 is 1. The van der Waals surface area contributed by atoms with Crippen LogP contribution >= 0.6 is 15.9 Å². The first-order chi connectivity index (χ1) is 6.32. The molecule has 0 aromatic rings. The Bertz CT molecular complexity index is 171. The van der Waals surface area contributed by atoms with E-state index >= 15 is 0 Å². The van der Waals surface area contributed by atoms with Crippen molar-refractivity contribution in [1.29, 1.82) is 0 Å². The second-order valence-electron chi connectivity index (χ2n) is 4.66. The Kier molecular flexibility index (Phi) is 2.99. The van der Waals surface area contributed by atoms with Crippen molar-refractivity contribution in [1.82, 2.24) is 0 Å². The van der Waals surface area contributed by atoms with Gasteiger partial charge in [0.25, 0.3) is 0 Å². The van der Waals surface area contributed by atoms with Crippen LogP contribution in [0.5, 0.6) is 0 Å². The largest absolute Gasteiger partial charge is 0.381 e. The molecule has 2 saturated carbocycles. The topological polar surface area (TPSA) is 9.23 Å². The number of halogens is 1.